The minimum Gasteiger partial charge on any atom is -0.393 e. The smallest absolute Gasteiger partial charge is 0.265 e. The summed E-state index contributed by atoms with van der Waals surface area (Å²) in [4.78, 5) is 13.6. The molecule has 4 N–H and O–H groups in total. The lowest BCUT2D eigenvalue weighted by atomic mass is 9.92. The van der Waals surface area contributed by atoms with Crippen LogP contribution in [0.1, 0.15) is 35.7 Å². The second-order valence-electron chi connectivity index (χ2n) is 5.63. The zero-order valence-corrected chi connectivity index (χ0v) is 12.2. The van der Waals surface area contributed by atoms with E-state index in [4.69, 9.17) is 5.84 Å². The zero-order valence-electron chi connectivity index (χ0n) is 12.2. The number of benzene rings is 1. The molecule has 1 atom stereocenters. The lowest BCUT2D eigenvalue weighted by Gasteiger charge is -2.33. The van der Waals surface area contributed by atoms with E-state index in [-0.39, 0.29) is 11.9 Å². The molecule has 2 rings (SSSR count). The molecule has 1 unspecified atom stereocenters. The number of aliphatic hydroxyl groups is 1. The van der Waals surface area contributed by atoms with Gasteiger partial charge in [0.25, 0.3) is 5.91 Å². The molecule has 1 fully saturated rings. The molecule has 1 heterocycles. The lowest BCUT2D eigenvalue weighted by molar-refractivity contribution is 0.0691. The highest BCUT2D eigenvalue weighted by Gasteiger charge is 2.23. The third kappa shape index (κ3) is 4.00. The molecule has 1 aliphatic rings. The highest BCUT2D eigenvalue weighted by molar-refractivity contribution is 5.93. The van der Waals surface area contributed by atoms with Gasteiger partial charge < -0.3 is 5.11 Å². The maximum Gasteiger partial charge on any atom is 0.265 e. The highest BCUT2D eigenvalue weighted by atomic mass is 19.1. The molecule has 1 aliphatic heterocycles. The van der Waals surface area contributed by atoms with Crippen LogP contribution >= 0.6 is 0 Å². The normalized spacial score (nSPS) is 18.5. The molecule has 1 aromatic rings. The molecule has 116 valence electrons. The van der Waals surface area contributed by atoms with Crippen molar-refractivity contribution in [3.63, 3.8) is 0 Å². The molecule has 6 heteroatoms. The van der Waals surface area contributed by atoms with Gasteiger partial charge in [-0.2, -0.15) is 0 Å². The van der Waals surface area contributed by atoms with Gasteiger partial charge in [-0.3, -0.25) is 15.1 Å². The Bertz CT molecular complexity index is 500. The average molecular weight is 295 g/mol. The second-order valence-corrected chi connectivity index (χ2v) is 5.63. The van der Waals surface area contributed by atoms with Crippen molar-refractivity contribution in [3.8, 4) is 0 Å². The van der Waals surface area contributed by atoms with Crippen LogP contribution < -0.4 is 11.3 Å². The first kappa shape index (κ1) is 15.9. The Kier molecular flexibility index (Phi) is 5.27. The van der Waals surface area contributed by atoms with E-state index in [1.54, 1.807) is 0 Å². The molecule has 1 aromatic carbocycles. The topological polar surface area (TPSA) is 78.6 Å². The SMILES string of the molecule is CC(O)C1CCN(Cc2cc(C(=O)NN)ccc2F)CC1. The van der Waals surface area contributed by atoms with Gasteiger partial charge in [-0.1, -0.05) is 0 Å². The number of halogens is 1. The molecule has 1 saturated heterocycles. The van der Waals surface area contributed by atoms with Crippen LogP contribution in [0, 0.1) is 11.7 Å². The zero-order chi connectivity index (χ0) is 15.4. The maximum absolute atomic E-state index is 13.9. The third-order valence-electron chi connectivity index (χ3n) is 4.15. The van der Waals surface area contributed by atoms with Crippen LogP contribution in [-0.2, 0) is 6.54 Å². The van der Waals surface area contributed by atoms with Crippen molar-refractivity contribution in [2.24, 2.45) is 11.8 Å². The minimum absolute atomic E-state index is 0.291. The molecule has 5 nitrogen and oxygen atoms in total. The van der Waals surface area contributed by atoms with Crippen molar-refractivity contribution in [1.29, 1.82) is 0 Å². The number of hydrazine groups is 1. The van der Waals surface area contributed by atoms with E-state index in [2.05, 4.69) is 4.90 Å². The Balaban J connectivity index is 2.01. The van der Waals surface area contributed by atoms with Crippen LogP contribution in [0.4, 0.5) is 4.39 Å². The van der Waals surface area contributed by atoms with Crippen molar-refractivity contribution in [3.05, 3.63) is 35.1 Å². The van der Waals surface area contributed by atoms with Gasteiger partial charge in [0.05, 0.1) is 6.10 Å². The van der Waals surface area contributed by atoms with Crippen LogP contribution in [0.2, 0.25) is 0 Å². The van der Waals surface area contributed by atoms with Crippen molar-refractivity contribution >= 4 is 5.91 Å². The number of nitrogens with zero attached hydrogens (tertiary/aromatic N) is 1. The molecule has 0 spiro atoms. The van der Waals surface area contributed by atoms with Gasteiger partial charge in [-0.05, 0) is 57.0 Å². The fourth-order valence-electron chi connectivity index (χ4n) is 2.75. The summed E-state index contributed by atoms with van der Waals surface area (Å²) in [6, 6.07) is 4.25. The average Bonchev–Trinajstić information content (AvgIpc) is 2.49. The van der Waals surface area contributed by atoms with E-state index in [0.717, 1.165) is 25.9 Å². The summed E-state index contributed by atoms with van der Waals surface area (Å²) in [7, 11) is 0. The monoisotopic (exact) mass is 295 g/mol. The molecule has 0 aliphatic carbocycles. The Morgan fingerprint density at radius 1 is 1.52 bits per heavy atom. The first-order chi connectivity index (χ1) is 10.0. The predicted octanol–water partition coefficient (Wildman–Crippen LogP) is 1.02. The van der Waals surface area contributed by atoms with Crippen LogP contribution in [0.25, 0.3) is 0 Å². The highest BCUT2D eigenvalue weighted by Crippen LogP contribution is 2.22. The Hall–Kier alpha value is -1.50. The van der Waals surface area contributed by atoms with Gasteiger partial charge in [-0.15, -0.1) is 0 Å². The number of piperidine rings is 1. The largest absolute Gasteiger partial charge is 0.393 e. The first-order valence-electron chi connectivity index (χ1n) is 7.21. The minimum atomic E-state index is -0.427. The number of likely N-dealkylation sites (tertiary alicyclic amines) is 1. The van der Waals surface area contributed by atoms with Crippen LogP contribution in [0.15, 0.2) is 18.2 Å². The number of carbonyl (C=O) groups is 1. The molecule has 0 aromatic heterocycles. The number of carbonyl (C=O) groups excluding carboxylic acids is 1. The van der Waals surface area contributed by atoms with Gasteiger partial charge in [0, 0.05) is 17.7 Å². The molecule has 0 radical (unpaired) electrons. The van der Waals surface area contributed by atoms with Crippen LogP contribution in [0.5, 0.6) is 0 Å². The summed E-state index contributed by atoms with van der Waals surface area (Å²) in [6.07, 6.45) is 1.52. The van der Waals surface area contributed by atoms with Gasteiger partial charge in [0.1, 0.15) is 5.82 Å². The summed E-state index contributed by atoms with van der Waals surface area (Å²) in [5.41, 5.74) is 2.89. The fourth-order valence-corrected chi connectivity index (χ4v) is 2.75. The molecule has 1 amide bonds. The number of rotatable bonds is 4. The summed E-state index contributed by atoms with van der Waals surface area (Å²) in [5.74, 6) is 4.67. The van der Waals surface area contributed by atoms with E-state index in [1.165, 1.54) is 18.2 Å². The predicted molar refractivity (Wildman–Crippen MR) is 77.7 cm³/mol. The van der Waals surface area contributed by atoms with Gasteiger partial charge >= 0.3 is 0 Å². The summed E-state index contributed by atoms with van der Waals surface area (Å²) >= 11 is 0. The van der Waals surface area contributed by atoms with Gasteiger partial charge in [0.2, 0.25) is 0 Å². The Labute approximate surface area is 123 Å². The Morgan fingerprint density at radius 3 is 2.76 bits per heavy atom. The first-order valence-corrected chi connectivity index (χ1v) is 7.21. The van der Waals surface area contributed by atoms with Crippen molar-refractivity contribution in [1.82, 2.24) is 10.3 Å². The number of aliphatic hydroxyl groups excluding tert-OH is 1. The lowest BCUT2D eigenvalue weighted by Crippen LogP contribution is -2.36. The second kappa shape index (κ2) is 6.98. The molecular formula is C15H22FN3O2. The summed E-state index contributed by atoms with van der Waals surface area (Å²) < 4.78 is 13.9. The standard InChI is InChI=1S/C15H22FN3O2/c1-10(20)11-4-6-19(7-5-11)9-13-8-12(15(21)18-17)2-3-14(13)16/h2-3,8,10-11,20H,4-7,9,17H2,1H3,(H,18,21). The summed E-state index contributed by atoms with van der Waals surface area (Å²) in [6.45, 7) is 3.92. The molecular weight excluding hydrogens is 273 g/mol. The number of hydrogen-bond acceptors (Lipinski definition) is 4. The van der Waals surface area contributed by atoms with Crippen molar-refractivity contribution in [2.75, 3.05) is 13.1 Å². The van der Waals surface area contributed by atoms with E-state index in [1.807, 2.05) is 12.3 Å². The van der Waals surface area contributed by atoms with Crippen LogP contribution in [-0.4, -0.2) is 35.1 Å². The number of nitrogens with one attached hydrogen (secondary N) is 1. The number of hydrogen-bond donors (Lipinski definition) is 3. The number of nitrogen functional groups attached to an aromatic ring is 1. The molecule has 21 heavy (non-hydrogen) atoms. The van der Waals surface area contributed by atoms with Crippen LogP contribution in [0.3, 0.4) is 0 Å². The van der Waals surface area contributed by atoms with E-state index >= 15 is 0 Å². The number of nitrogens with two attached hydrogens (primary N) is 1. The fraction of sp³-hybridized carbons (Fsp3) is 0.533. The van der Waals surface area contributed by atoms with E-state index < -0.39 is 5.91 Å². The quantitative estimate of drug-likeness (QED) is 0.440. The Morgan fingerprint density at radius 2 is 2.19 bits per heavy atom. The van der Waals surface area contributed by atoms with Gasteiger partial charge in [-0.25, -0.2) is 10.2 Å². The third-order valence-corrected chi connectivity index (χ3v) is 4.15. The number of amides is 1. The van der Waals surface area contributed by atoms with Crippen molar-refractivity contribution in [2.45, 2.75) is 32.4 Å². The maximum atomic E-state index is 13.9. The van der Waals surface area contributed by atoms with E-state index in [0.29, 0.717) is 23.6 Å². The van der Waals surface area contributed by atoms with Gasteiger partial charge in [0.15, 0.2) is 0 Å². The summed E-state index contributed by atoms with van der Waals surface area (Å²) in [5, 5.41) is 9.59. The molecule has 0 bridgehead atoms. The van der Waals surface area contributed by atoms with E-state index in [9.17, 15) is 14.3 Å². The van der Waals surface area contributed by atoms with Crippen molar-refractivity contribution < 1.29 is 14.3 Å². The molecule has 0 saturated carbocycles.